The molecule has 0 unspecified atom stereocenters. The first-order valence-electron chi connectivity index (χ1n) is 4.38. The van der Waals surface area contributed by atoms with Gasteiger partial charge < -0.3 is 5.73 Å². The molecule has 1 heterocycles. The lowest BCUT2D eigenvalue weighted by molar-refractivity contribution is 0.454. The average molecular weight is 182 g/mol. The van der Waals surface area contributed by atoms with Crippen LogP contribution in [0, 0.1) is 5.82 Å². The van der Waals surface area contributed by atoms with Crippen molar-refractivity contribution in [3.63, 3.8) is 0 Å². The highest BCUT2D eigenvalue weighted by molar-refractivity contribution is 5.22. The van der Waals surface area contributed by atoms with Gasteiger partial charge in [0.05, 0.1) is 6.20 Å². The van der Waals surface area contributed by atoms with Crippen LogP contribution in [0.15, 0.2) is 18.5 Å². The number of nitrogens with zero attached hydrogens (tertiary/aromatic N) is 1. The van der Waals surface area contributed by atoms with Crippen molar-refractivity contribution in [2.45, 2.75) is 25.7 Å². The van der Waals surface area contributed by atoms with Crippen LogP contribution in [-0.2, 0) is 5.41 Å². The van der Waals surface area contributed by atoms with Gasteiger partial charge in [0.25, 0.3) is 0 Å². The summed E-state index contributed by atoms with van der Waals surface area (Å²) in [6.07, 6.45) is 3.62. The summed E-state index contributed by atoms with van der Waals surface area (Å²) in [4.78, 5) is 3.71. The molecule has 0 atom stereocenters. The molecular weight excluding hydrogens is 167 g/mol. The van der Waals surface area contributed by atoms with Gasteiger partial charge in [-0.1, -0.05) is 13.8 Å². The maximum Gasteiger partial charge on any atom is 0.145 e. The second-order valence-corrected chi connectivity index (χ2v) is 3.78. The standard InChI is InChI=1S/C10H15FN2/c1-10(2,4-5-12)8-3-6-13-7-9(8)11/h3,6-7H,4-5,12H2,1-2H3. The van der Waals surface area contributed by atoms with E-state index in [1.165, 1.54) is 6.20 Å². The fraction of sp³-hybridized carbons (Fsp3) is 0.500. The lowest BCUT2D eigenvalue weighted by Crippen LogP contribution is -2.23. The predicted molar refractivity (Wildman–Crippen MR) is 50.9 cm³/mol. The van der Waals surface area contributed by atoms with Crippen LogP contribution >= 0.6 is 0 Å². The highest BCUT2D eigenvalue weighted by Crippen LogP contribution is 2.27. The average Bonchev–Trinajstić information content (AvgIpc) is 2.04. The molecule has 0 aliphatic heterocycles. The fourth-order valence-corrected chi connectivity index (χ4v) is 1.42. The maximum absolute atomic E-state index is 13.3. The van der Waals surface area contributed by atoms with Gasteiger partial charge in [0.2, 0.25) is 0 Å². The summed E-state index contributed by atoms with van der Waals surface area (Å²) in [6, 6.07) is 1.71. The normalized spacial score (nSPS) is 11.7. The molecule has 2 N–H and O–H groups in total. The van der Waals surface area contributed by atoms with Gasteiger partial charge in [-0.3, -0.25) is 4.98 Å². The van der Waals surface area contributed by atoms with Crippen molar-refractivity contribution in [2.24, 2.45) is 5.73 Å². The molecule has 1 aromatic heterocycles. The van der Waals surface area contributed by atoms with Gasteiger partial charge in [0.15, 0.2) is 0 Å². The molecule has 72 valence electrons. The summed E-state index contributed by atoms with van der Waals surface area (Å²) in [6.45, 7) is 4.53. The minimum atomic E-state index is -0.249. The molecule has 1 aromatic rings. The molecule has 0 saturated carbocycles. The van der Waals surface area contributed by atoms with Crippen LogP contribution in [0.5, 0.6) is 0 Å². The Morgan fingerprint density at radius 2 is 2.23 bits per heavy atom. The van der Waals surface area contributed by atoms with Gasteiger partial charge >= 0.3 is 0 Å². The Balaban J connectivity index is 2.99. The van der Waals surface area contributed by atoms with Crippen molar-refractivity contribution in [3.8, 4) is 0 Å². The van der Waals surface area contributed by atoms with Crippen LogP contribution in [0.4, 0.5) is 4.39 Å². The molecule has 0 aliphatic rings. The Labute approximate surface area is 78.0 Å². The van der Waals surface area contributed by atoms with Gasteiger partial charge in [0, 0.05) is 6.20 Å². The first kappa shape index (κ1) is 10.1. The van der Waals surface area contributed by atoms with E-state index in [1.807, 2.05) is 13.8 Å². The molecule has 0 radical (unpaired) electrons. The van der Waals surface area contributed by atoms with Crippen molar-refractivity contribution in [1.82, 2.24) is 4.98 Å². The Bertz CT molecular complexity index is 284. The zero-order chi connectivity index (χ0) is 9.90. The SMILES string of the molecule is CC(C)(CCN)c1ccncc1F. The lowest BCUT2D eigenvalue weighted by atomic mass is 9.82. The van der Waals surface area contributed by atoms with Gasteiger partial charge in [-0.05, 0) is 30.0 Å². The van der Waals surface area contributed by atoms with Gasteiger partial charge in [0.1, 0.15) is 5.82 Å². The lowest BCUT2D eigenvalue weighted by Gasteiger charge is -2.24. The van der Waals surface area contributed by atoms with Gasteiger partial charge in [-0.15, -0.1) is 0 Å². The molecule has 0 spiro atoms. The summed E-state index contributed by atoms with van der Waals surface area (Å²) < 4.78 is 13.3. The third kappa shape index (κ3) is 2.25. The predicted octanol–water partition coefficient (Wildman–Crippen LogP) is 1.85. The molecule has 0 amide bonds. The van der Waals surface area contributed by atoms with E-state index in [0.717, 1.165) is 6.42 Å². The number of hydrogen-bond donors (Lipinski definition) is 1. The minimum Gasteiger partial charge on any atom is -0.330 e. The van der Waals surface area contributed by atoms with E-state index in [0.29, 0.717) is 12.1 Å². The van der Waals surface area contributed by atoms with Crippen molar-refractivity contribution < 1.29 is 4.39 Å². The van der Waals surface area contributed by atoms with Gasteiger partial charge in [-0.25, -0.2) is 4.39 Å². The van der Waals surface area contributed by atoms with E-state index in [4.69, 9.17) is 5.73 Å². The topological polar surface area (TPSA) is 38.9 Å². The molecule has 0 bridgehead atoms. The van der Waals surface area contributed by atoms with Crippen LogP contribution in [0.25, 0.3) is 0 Å². The van der Waals surface area contributed by atoms with E-state index >= 15 is 0 Å². The molecule has 0 aliphatic carbocycles. The van der Waals surface area contributed by atoms with Crippen molar-refractivity contribution in [3.05, 3.63) is 29.8 Å². The van der Waals surface area contributed by atoms with Crippen LogP contribution in [0.3, 0.4) is 0 Å². The van der Waals surface area contributed by atoms with E-state index in [-0.39, 0.29) is 11.2 Å². The Morgan fingerprint density at radius 1 is 1.54 bits per heavy atom. The fourth-order valence-electron chi connectivity index (χ4n) is 1.42. The second-order valence-electron chi connectivity index (χ2n) is 3.78. The maximum atomic E-state index is 13.3. The minimum absolute atomic E-state index is 0.207. The largest absolute Gasteiger partial charge is 0.330 e. The van der Waals surface area contributed by atoms with E-state index < -0.39 is 0 Å². The van der Waals surface area contributed by atoms with E-state index in [1.54, 1.807) is 12.3 Å². The van der Waals surface area contributed by atoms with Crippen LogP contribution in [0.1, 0.15) is 25.8 Å². The molecule has 3 heteroatoms. The summed E-state index contributed by atoms with van der Waals surface area (Å²) in [5, 5.41) is 0. The first-order valence-corrected chi connectivity index (χ1v) is 4.38. The highest BCUT2D eigenvalue weighted by Gasteiger charge is 2.22. The Hall–Kier alpha value is -0.960. The zero-order valence-corrected chi connectivity index (χ0v) is 8.05. The summed E-state index contributed by atoms with van der Waals surface area (Å²) >= 11 is 0. The van der Waals surface area contributed by atoms with Crippen LogP contribution in [-0.4, -0.2) is 11.5 Å². The molecular formula is C10H15FN2. The molecule has 0 fully saturated rings. The third-order valence-corrected chi connectivity index (χ3v) is 2.27. The molecule has 0 aromatic carbocycles. The van der Waals surface area contributed by atoms with Crippen molar-refractivity contribution >= 4 is 0 Å². The first-order chi connectivity index (χ1) is 6.08. The second kappa shape index (κ2) is 3.83. The van der Waals surface area contributed by atoms with Crippen molar-refractivity contribution in [2.75, 3.05) is 6.54 Å². The van der Waals surface area contributed by atoms with Crippen LogP contribution < -0.4 is 5.73 Å². The molecule has 2 nitrogen and oxygen atoms in total. The molecule has 13 heavy (non-hydrogen) atoms. The zero-order valence-electron chi connectivity index (χ0n) is 8.05. The number of rotatable bonds is 3. The molecule has 0 saturated heterocycles. The summed E-state index contributed by atoms with van der Waals surface area (Å²) in [7, 11) is 0. The van der Waals surface area contributed by atoms with Gasteiger partial charge in [-0.2, -0.15) is 0 Å². The van der Waals surface area contributed by atoms with E-state index in [2.05, 4.69) is 4.98 Å². The Kier molecular flexibility index (Phi) is 2.98. The summed E-state index contributed by atoms with van der Waals surface area (Å²) in [5.74, 6) is -0.249. The number of halogens is 1. The highest BCUT2D eigenvalue weighted by atomic mass is 19.1. The quantitative estimate of drug-likeness (QED) is 0.774. The molecule has 1 rings (SSSR count). The Morgan fingerprint density at radius 3 is 2.77 bits per heavy atom. The van der Waals surface area contributed by atoms with Crippen LogP contribution in [0.2, 0.25) is 0 Å². The number of aromatic nitrogens is 1. The third-order valence-electron chi connectivity index (χ3n) is 2.27. The smallest absolute Gasteiger partial charge is 0.145 e. The monoisotopic (exact) mass is 182 g/mol. The summed E-state index contributed by atoms with van der Waals surface area (Å²) in [5.41, 5.74) is 5.95. The van der Waals surface area contributed by atoms with Crippen molar-refractivity contribution in [1.29, 1.82) is 0 Å². The number of hydrogen-bond acceptors (Lipinski definition) is 2. The number of pyridine rings is 1. The number of nitrogens with two attached hydrogens (primary N) is 1. The van der Waals surface area contributed by atoms with E-state index in [9.17, 15) is 4.39 Å².